The van der Waals surface area contributed by atoms with E-state index in [1.54, 1.807) is 19.2 Å². The van der Waals surface area contributed by atoms with Crippen molar-refractivity contribution in [3.05, 3.63) is 53.3 Å². The van der Waals surface area contributed by atoms with E-state index in [4.69, 9.17) is 5.11 Å². The molecule has 1 heterocycles. The fourth-order valence-corrected chi connectivity index (χ4v) is 1.75. The van der Waals surface area contributed by atoms with Crippen LogP contribution in [0.15, 0.2) is 36.7 Å². The number of carbonyl (C=O) groups is 1. The first-order chi connectivity index (χ1) is 9.79. The molecule has 7 heteroatoms. The normalized spacial score (nSPS) is 11.2. The number of anilines is 2. The first-order valence-corrected chi connectivity index (χ1v) is 5.91. The van der Waals surface area contributed by atoms with Crippen LogP contribution in [0.2, 0.25) is 0 Å². The number of alkyl halides is 3. The van der Waals surface area contributed by atoms with Crippen molar-refractivity contribution < 1.29 is 23.1 Å². The second kappa shape index (κ2) is 5.43. The molecule has 0 fully saturated rings. The zero-order valence-corrected chi connectivity index (χ0v) is 10.9. The molecular formula is C14H11F3N2O2. The van der Waals surface area contributed by atoms with Gasteiger partial charge in [0.25, 0.3) is 0 Å². The van der Waals surface area contributed by atoms with Crippen molar-refractivity contribution >= 4 is 17.3 Å². The molecule has 0 atom stereocenters. The fourth-order valence-electron chi connectivity index (χ4n) is 1.75. The molecule has 0 saturated heterocycles. The Balaban J connectivity index is 2.45. The molecule has 0 saturated carbocycles. The predicted molar refractivity (Wildman–Crippen MR) is 70.7 cm³/mol. The molecule has 0 amide bonds. The molecule has 110 valence electrons. The maximum atomic E-state index is 12.6. The summed E-state index contributed by atoms with van der Waals surface area (Å²) in [6.07, 6.45) is -1.56. The molecule has 4 nitrogen and oxygen atoms in total. The maximum absolute atomic E-state index is 12.6. The molecule has 2 rings (SSSR count). The zero-order valence-electron chi connectivity index (χ0n) is 10.9. The second-order valence-corrected chi connectivity index (χ2v) is 4.38. The molecule has 2 N–H and O–H groups in total. The van der Waals surface area contributed by atoms with Crippen LogP contribution in [0.5, 0.6) is 0 Å². The first kappa shape index (κ1) is 14.8. The molecule has 0 radical (unpaired) electrons. The van der Waals surface area contributed by atoms with E-state index in [1.165, 1.54) is 6.20 Å². The Kier molecular flexibility index (Phi) is 3.84. The van der Waals surface area contributed by atoms with Crippen molar-refractivity contribution in [3.63, 3.8) is 0 Å². The minimum absolute atomic E-state index is 0.0756. The van der Waals surface area contributed by atoms with Crippen LogP contribution in [-0.4, -0.2) is 16.1 Å². The minimum atomic E-state index is -4.59. The van der Waals surface area contributed by atoms with Crippen LogP contribution in [0.3, 0.4) is 0 Å². The number of aromatic carboxylic acids is 1. The van der Waals surface area contributed by atoms with Crippen molar-refractivity contribution in [2.45, 2.75) is 13.1 Å². The van der Waals surface area contributed by atoms with Crippen molar-refractivity contribution in [2.24, 2.45) is 0 Å². The third-order valence-electron chi connectivity index (χ3n) is 2.89. The number of aryl methyl sites for hydroxylation is 1. The van der Waals surface area contributed by atoms with Crippen LogP contribution in [0, 0.1) is 6.92 Å². The number of rotatable bonds is 3. The highest BCUT2D eigenvalue weighted by Gasteiger charge is 2.31. The quantitative estimate of drug-likeness (QED) is 0.903. The minimum Gasteiger partial charge on any atom is -0.478 e. The van der Waals surface area contributed by atoms with Crippen molar-refractivity contribution in [1.82, 2.24) is 4.98 Å². The predicted octanol–water partition coefficient (Wildman–Crippen LogP) is 3.85. The van der Waals surface area contributed by atoms with Gasteiger partial charge in [0, 0.05) is 6.20 Å². The highest BCUT2D eigenvalue weighted by atomic mass is 19.4. The number of pyridine rings is 1. The monoisotopic (exact) mass is 296 g/mol. The van der Waals surface area contributed by atoms with E-state index < -0.39 is 23.3 Å². The van der Waals surface area contributed by atoms with Crippen molar-refractivity contribution in [1.29, 1.82) is 0 Å². The lowest BCUT2D eigenvalue weighted by atomic mass is 10.1. The van der Waals surface area contributed by atoms with Gasteiger partial charge in [-0.3, -0.25) is 4.98 Å². The average Bonchev–Trinajstić information content (AvgIpc) is 2.40. The van der Waals surface area contributed by atoms with Gasteiger partial charge in [-0.05, 0) is 36.8 Å². The van der Waals surface area contributed by atoms with Crippen LogP contribution < -0.4 is 5.32 Å². The molecular weight excluding hydrogens is 285 g/mol. The van der Waals surface area contributed by atoms with Crippen molar-refractivity contribution in [3.8, 4) is 0 Å². The van der Waals surface area contributed by atoms with Crippen LogP contribution in [0.4, 0.5) is 24.5 Å². The van der Waals surface area contributed by atoms with Crippen molar-refractivity contribution in [2.75, 3.05) is 5.32 Å². The highest BCUT2D eigenvalue weighted by Crippen LogP contribution is 2.33. The topological polar surface area (TPSA) is 62.2 Å². The molecule has 2 aromatic rings. The summed E-state index contributed by atoms with van der Waals surface area (Å²) in [5, 5.41) is 11.9. The summed E-state index contributed by atoms with van der Waals surface area (Å²) in [5.41, 5.74) is -0.0611. The highest BCUT2D eigenvalue weighted by molar-refractivity contribution is 5.95. The van der Waals surface area contributed by atoms with E-state index in [1.807, 2.05) is 0 Å². The van der Waals surface area contributed by atoms with E-state index in [-0.39, 0.29) is 5.69 Å². The Hall–Kier alpha value is -2.57. The Bertz CT molecular complexity index is 684. The number of nitrogens with zero attached hydrogens (tertiary/aromatic N) is 1. The van der Waals surface area contributed by atoms with Gasteiger partial charge in [-0.1, -0.05) is 0 Å². The Labute approximate surface area is 118 Å². The molecule has 1 aromatic carbocycles. The van der Waals surface area contributed by atoms with Crippen LogP contribution in [0.25, 0.3) is 0 Å². The number of carboxylic acids is 1. The third-order valence-corrected chi connectivity index (χ3v) is 2.89. The maximum Gasteiger partial charge on any atom is 0.416 e. The summed E-state index contributed by atoms with van der Waals surface area (Å²) >= 11 is 0. The van der Waals surface area contributed by atoms with Gasteiger partial charge in [-0.15, -0.1) is 0 Å². The van der Waals surface area contributed by atoms with Crippen LogP contribution >= 0.6 is 0 Å². The summed E-state index contributed by atoms with van der Waals surface area (Å²) in [6, 6.07) is 4.24. The van der Waals surface area contributed by atoms with E-state index in [0.717, 1.165) is 17.7 Å². The molecule has 21 heavy (non-hydrogen) atoms. The smallest absolute Gasteiger partial charge is 0.416 e. The lowest BCUT2D eigenvalue weighted by Crippen LogP contribution is -2.09. The molecule has 0 aliphatic rings. The summed E-state index contributed by atoms with van der Waals surface area (Å²) in [6.45, 7) is 1.77. The molecule has 0 spiro atoms. The number of aromatic nitrogens is 1. The fraction of sp³-hybridized carbons (Fsp3) is 0.143. The van der Waals surface area contributed by atoms with Gasteiger partial charge in [-0.25, -0.2) is 4.79 Å². The summed E-state index contributed by atoms with van der Waals surface area (Å²) in [5.74, 6) is -1.44. The van der Waals surface area contributed by atoms with E-state index in [2.05, 4.69) is 10.3 Å². The molecule has 0 bridgehead atoms. The number of carboxylic acid groups (broad SMARTS) is 1. The number of halogens is 3. The zero-order chi connectivity index (χ0) is 15.6. The Morgan fingerprint density at radius 1 is 1.24 bits per heavy atom. The van der Waals surface area contributed by atoms with E-state index in [9.17, 15) is 18.0 Å². The standard InChI is InChI=1S/C14H11F3N2O2/c1-8-4-5-18-7-12(8)19-11-3-2-9(14(15,16)17)6-10(11)13(20)21/h2-7,19H,1H3,(H,20,21). The lowest BCUT2D eigenvalue weighted by Gasteiger charge is -2.14. The second-order valence-electron chi connectivity index (χ2n) is 4.38. The van der Waals surface area contributed by atoms with Gasteiger partial charge in [0.1, 0.15) is 0 Å². The molecule has 0 unspecified atom stereocenters. The Morgan fingerprint density at radius 3 is 2.52 bits per heavy atom. The average molecular weight is 296 g/mol. The molecule has 0 aliphatic heterocycles. The lowest BCUT2D eigenvalue weighted by molar-refractivity contribution is -0.137. The summed E-state index contributed by atoms with van der Waals surface area (Å²) in [7, 11) is 0. The van der Waals surface area contributed by atoms with Gasteiger partial charge in [0.05, 0.1) is 28.7 Å². The van der Waals surface area contributed by atoms with Gasteiger partial charge in [-0.2, -0.15) is 13.2 Å². The van der Waals surface area contributed by atoms with Gasteiger partial charge in [0.15, 0.2) is 0 Å². The van der Waals surface area contributed by atoms with E-state index >= 15 is 0 Å². The summed E-state index contributed by atoms with van der Waals surface area (Å²) < 4.78 is 37.9. The number of hydrogen-bond acceptors (Lipinski definition) is 3. The van der Waals surface area contributed by atoms with Gasteiger partial charge >= 0.3 is 12.1 Å². The first-order valence-electron chi connectivity index (χ1n) is 5.91. The van der Waals surface area contributed by atoms with E-state index in [0.29, 0.717) is 11.8 Å². The number of benzene rings is 1. The Morgan fingerprint density at radius 2 is 1.95 bits per heavy atom. The number of nitrogens with one attached hydrogen (secondary N) is 1. The largest absolute Gasteiger partial charge is 0.478 e. The van der Waals surface area contributed by atoms with Crippen LogP contribution in [-0.2, 0) is 6.18 Å². The van der Waals surface area contributed by atoms with Crippen LogP contribution in [0.1, 0.15) is 21.5 Å². The number of hydrogen-bond donors (Lipinski definition) is 2. The molecule has 1 aromatic heterocycles. The van der Waals surface area contributed by atoms with Gasteiger partial charge < -0.3 is 10.4 Å². The SMILES string of the molecule is Cc1ccncc1Nc1ccc(C(F)(F)F)cc1C(=O)O. The summed E-state index contributed by atoms with van der Waals surface area (Å²) in [4.78, 5) is 15.0. The molecule has 0 aliphatic carbocycles. The van der Waals surface area contributed by atoms with Gasteiger partial charge in [0.2, 0.25) is 0 Å². The third kappa shape index (κ3) is 3.31.